The third kappa shape index (κ3) is 4.95. The van der Waals surface area contributed by atoms with E-state index < -0.39 is 0 Å². The van der Waals surface area contributed by atoms with Gasteiger partial charge in [-0.25, -0.2) is 0 Å². The first-order valence-corrected chi connectivity index (χ1v) is 10.5. The first-order valence-electron chi connectivity index (χ1n) is 9.76. The van der Waals surface area contributed by atoms with Crippen molar-refractivity contribution in [2.24, 2.45) is 4.99 Å². The molecule has 0 saturated heterocycles. The van der Waals surface area contributed by atoms with Gasteiger partial charge >= 0.3 is 0 Å². The zero-order valence-corrected chi connectivity index (χ0v) is 18.1. The first kappa shape index (κ1) is 21.1. The van der Waals surface area contributed by atoms with E-state index in [0.29, 0.717) is 23.1 Å². The van der Waals surface area contributed by atoms with Gasteiger partial charge in [-0.3, -0.25) is 15.1 Å². The molecule has 3 aromatic rings. The number of rotatable bonds is 5. The van der Waals surface area contributed by atoms with E-state index in [2.05, 4.69) is 17.0 Å². The van der Waals surface area contributed by atoms with Crippen LogP contribution in [-0.4, -0.2) is 23.7 Å². The fraction of sp³-hybridized carbons (Fsp3) is 0.125. The molecular formula is C24H19Cl2N3O2. The molecule has 0 unspecified atom stereocenters. The van der Waals surface area contributed by atoms with E-state index in [-0.39, 0.29) is 10.6 Å². The smallest absolute Gasteiger partial charge is 0.269 e. The van der Waals surface area contributed by atoms with E-state index in [1.54, 1.807) is 30.3 Å². The number of hydrogen-bond donors (Lipinski definition) is 0. The van der Waals surface area contributed by atoms with Crippen molar-refractivity contribution in [2.75, 3.05) is 18.0 Å². The van der Waals surface area contributed by atoms with Crippen LogP contribution >= 0.6 is 23.2 Å². The Morgan fingerprint density at radius 1 is 1.00 bits per heavy atom. The summed E-state index contributed by atoms with van der Waals surface area (Å²) in [5, 5.41) is 11.9. The summed E-state index contributed by atoms with van der Waals surface area (Å²) in [7, 11) is 0. The van der Waals surface area contributed by atoms with Crippen LogP contribution in [0.5, 0.6) is 0 Å². The van der Waals surface area contributed by atoms with E-state index in [9.17, 15) is 10.1 Å². The predicted molar refractivity (Wildman–Crippen MR) is 127 cm³/mol. The van der Waals surface area contributed by atoms with Crippen molar-refractivity contribution in [1.29, 1.82) is 0 Å². The summed E-state index contributed by atoms with van der Waals surface area (Å²) < 4.78 is 0. The molecule has 0 radical (unpaired) electrons. The van der Waals surface area contributed by atoms with Gasteiger partial charge in [0.15, 0.2) is 0 Å². The number of fused-ring (bicyclic) bond motifs is 1. The summed E-state index contributed by atoms with van der Waals surface area (Å²) in [5.41, 5.74) is 5.07. The van der Waals surface area contributed by atoms with Crippen LogP contribution in [0.1, 0.15) is 16.7 Å². The van der Waals surface area contributed by atoms with Gasteiger partial charge < -0.3 is 4.90 Å². The van der Waals surface area contributed by atoms with Crippen LogP contribution in [0, 0.1) is 10.1 Å². The maximum atomic E-state index is 10.9. The molecule has 1 aliphatic heterocycles. The summed E-state index contributed by atoms with van der Waals surface area (Å²) in [6.45, 7) is 2.04. The number of para-hydroxylation sites is 1. The van der Waals surface area contributed by atoms with Crippen molar-refractivity contribution >= 4 is 46.4 Å². The van der Waals surface area contributed by atoms with Gasteiger partial charge in [-0.05, 0) is 35.4 Å². The van der Waals surface area contributed by atoms with Crippen LogP contribution < -0.4 is 4.90 Å². The molecule has 0 aliphatic carbocycles. The first-order chi connectivity index (χ1) is 15.0. The van der Waals surface area contributed by atoms with Gasteiger partial charge in [-0.1, -0.05) is 65.7 Å². The second-order valence-electron chi connectivity index (χ2n) is 7.14. The second kappa shape index (κ2) is 9.33. The number of hydrogen-bond acceptors (Lipinski definition) is 4. The van der Waals surface area contributed by atoms with Crippen LogP contribution in [0.2, 0.25) is 10.0 Å². The van der Waals surface area contributed by atoms with Gasteiger partial charge in [-0.2, -0.15) is 0 Å². The Bertz CT molecular complexity index is 1170. The number of nitrogens with zero attached hydrogens (tertiary/aromatic N) is 3. The molecule has 0 bridgehead atoms. The minimum atomic E-state index is -0.384. The lowest BCUT2D eigenvalue weighted by Crippen LogP contribution is -2.25. The van der Waals surface area contributed by atoms with E-state index in [1.165, 1.54) is 0 Å². The summed E-state index contributed by atoms with van der Waals surface area (Å²) in [6, 6.07) is 20.3. The highest BCUT2D eigenvalue weighted by Crippen LogP contribution is 2.27. The lowest BCUT2D eigenvalue weighted by atomic mass is 10.0. The zero-order chi connectivity index (χ0) is 21.8. The average molecular weight is 452 g/mol. The van der Waals surface area contributed by atoms with Crippen LogP contribution in [0.15, 0.2) is 77.8 Å². The van der Waals surface area contributed by atoms with Crippen LogP contribution in [0.3, 0.4) is 0 Å². The number of anilines is 1. The molecule has 0 N–H and O–H groups in total. The molecule has 0 spiro atoms. The highest BCUT2D eigenvalue weighted by atomic mass is 35.5. The molecule has 0 saturated carbocycles. The summed E-state index contributed by atoms with van der Waals surface area (Å²) in [4.78, 5) is 17.6. The van der Waals surface area contributed by atoms with Gasteiger partial charge in [0, 0.05) is 36.5 Å². The molecule has 1 aliphatic rings. The van der Waals surface area contributed by atoms with E-state index in [4.69, 9.17) is 28.2 Å². The van der Waals surface area contributed by atoms with Gasteiger partial charge in [0.05, 0.1) is 27.2 Å². The Hall–Kier alpha value is -3.15. The Morgan fingerprint density at radius 3 is 2.52 bits per heavy atom. The number of benzene rings is 3. The van der Waals surface area contributed by atoms with Crippen LogP contribution in [0.4, 0.5) is 11.4 Å². The number of benzodiazepines with no additional fused rings is 1. The molecule has 156 valence electrons. The highest BCUT2D eigenvalue weighted by Gasteiger charge is 2.17. The maximum absolute atomic E-state index is 10.9. The normalized spacial score (nSPS) is 13.6. The number of nitro groups is 1. The SMILES string of the molecule is O=[N+]([O-])c1ccc(CN2CCN=C(C=Cc3ccc(Cl)c(Cl)c3)c3ccccc32)cc1. The Kier molecular flexibility index (Phi) is 6.35. The fourth-order valence-corrected chi connectivity index (χ4v) is 3.81. The molecule has 31 heavy (non-hydrogen) atoms. The van der Waals surface area contributed by atoms with Crippen molar-refractivity contribution < 1.29 is 4.92 Å². The van der Waals surface area contributed by atoms with Crippen LogP contribution in [-0.2, 0) is 6.54 Å². The van der Waals surface area contributed by atoms with Crippen molar-refractivity contribution in [1.82, 2.24) is 0 Å². The number of aliphatic imine (C=N–C) groups is 1. The Morgan fingerprint density at radius 2 is 1.77 bits per heavy atom. The van der Waals surface area contributed by atoms with Crippen LogP contribution in [0.25, 0.3) is 6.08 Å². The molecule has 0 fully saturated rings. The molecule has 1 heterocycles. The Labute approximate surface area is 190 Å². The summed E-state index contributed by atoms with van der Waals surface area (Å²) in [5.74, 6) is 0. The number of non-ortho nitro benzene ring substituents is 1. The van der Waals surface area contributed by atoms with Gasteiger partial charge in [0.2, 0.25) is 0 Å². The number of halogens is 2. The molecule has 4 rings (SSSR count). The zero-order valence-electron chi connectivity index (χ0n) is 16.5. The summed E-state index contributed by atoms with van der Waals surface area (Å²) in [6.07, 6.45) is 3.97. The molecule has 3 aromatic carbocycles. The number of nitro benzene ring substituents is 1. The molecule has 7 heteroatoms. The largest absolute Gasteiger partial charge is 0.365 e. The van der Waals surface area contributed by atoms with Crippen molar-refractivity contribution in [3.8, 4) is 0 Å². The minimum Gasteiger partial charge on any atom is -0.365 e. The quantitative estimate of drug-likeness (QED) is 0.331. The fourth-order valence-electron chi connectivity index (χ4n) is 3.50. The van der Waals surface area contributed by atoms with Crippen molar-refractivity contribution in [2.45, 2.75) is 6.54 Å². The lowest BCUT2D eigenvalue weighted by Gasteiger charge is -2.24. The highest BCUT2D eigenvalue weighted by molar-refractivity contribution is 6.42. The molecule has 0 atom stereocenters. The molecule has 0 aromatic heterocycles. The van der Waals surface area contributed by atoms with Crippen molar-refractivity contribution in [3.05, 3.63) is 110 Å². The summed E-state index contributed by atoms with van der Waals surface area (Å²) >= 11 is 12.1. The number of allylic oxidation sites excluding steroid dienone is 1. The Balaban J connectivity index is 1.59. The standard InChI is InChI=1S/C24H19Cl2N3O2/c25-21-11-7-17(15-22(21)26)8-12-23-20-3-1-2-4-24(20)28(14-13-27-23)16-18-5-9-19(10-6-18)29(30)31/h1-12,15H,13-14,16H2. The lowest BCUT2D eigenvalue weighted by molar-refractivity contribution is -0.384. The van der Waals surface area contributed by atoms with Gasteiger partial charge in [-0.15, -0.1) is 0 Å². The second-order valence-corrected chi connectivity index (χ2v) is 7.95. The molecule has 0 amide bonds. The van der Waals surface area contributed by atoms with Gasteiger partial charge in [0.25, 0.3) is 5.69 Å². The van der Waals surface area contributed by atoms with E-state index in [0.717, 1.165) is 34.6 Å². The monoisotopic (exact) mass is 451 g/mol. The predicted octanol–water partition coefficient (Wildman–Crippen LogP) is 6.42. The third-order valence-corrected chi connectivity index (χ3v) is 5.81. The molecule has 5 nitrogen and oxygen atoms in total. The van der Waals surface area contributed by atoms with Gasteiger partial charge in [0.1, 0.15) is 0 Å². The minimum absolute atomic E-state index is 0.0954. The average Bonchev–Trinajstić information content (AvgIpc) is 2.94. The maximum Gasteiger partial charge on any atom is 0.269 e. The topological polar surface area (TPSA) is 58.7 Å². The van der Waals surface area contributed by atoms with E-state index >= 15 is 0 Å². The third-order valence-electron chi connectivity index (χ3n) is 5.07. The molecular weight excluding hydrogens is 433 g/mol. The van der Waals surface area contributed by atoms with E-state index in [1.807, 2.05) is 36.4 Å². The van der Waals surface area contributed by atoms with Crippen molar-refractivity contribution in [3.63, 3.8) is 0 Å².